The van der Waals surface area contributed by atoms with Crippen LogP contribution in [0.25, 0.3) is 0 Å². The van der Waals surface area contributed by atoms with E-state index in [1.165, 1.54) is 83.5 Å². The summed E-state index contributed by atoms with van der Waals surface area (Å²) in [6.07, 6.45) is 92.8. The van der Waals surface area contributed by atoms with Gasteiger partial charge in [-0.25, -0.2) is 0 Å². The lowest BCUT2D eigenvalue weighted by atomic mass is 10.0. The fourth-order valence-corrected chi connectivity index (χ4v) is 8.31. The van der Waals surface area contributed by atoms with E-state index in [4.69, 9.17) is 14.2 Å². The Balaban J connectivity index is 4.37. The molecule has 440 valence electrons. The third-order valence-corrected chi connectivity index (χ3v) is 13.1. The molecule has 0 bridgehead atoms. The Hall–Kier alpha value is -4.71. The average molecular weight is 1080 g/mol. The van der Waals surface area contributed by atoms with Crippen molar-refractivity contribution in [2.24, 2.45) is 0 Å². The molecule has 0 aromatic carbocycles. The maximum atomic E-state index is 12.9. The van der Waals surface area contributed by atoms with E-state index in [1.807, 2.05) is 0 Å². The van der Waals surface area contributed by atoms with Gasteiger partial charge in [-0.3, -0.25) is 14.4 Å². The summed E-state index contributed by atoms with van der Waals surface area (Å²) in [5.41, 5.74) is 0. The van der Waals surface area contributed by atoms with Gasteiger partial charge in [0.25, 0.3) is 0 Å². The molecule has 0 spiro atoms. The Morgan fingerprint density at radius 2 is 0.513 bits per heavy atom. The zero-order valence-corrected chi connectivity index (χ0v) is 50.4. The molecule has 0 aliphatic heterocycles. The van der Waals surface area contributed by atoms with Gasteiger partial charge in [0.2, 0.25) is 0 Å². The number of esters is 3. The topological polar surface area (TPSA) is 78.9 Å². The molecule has 0 N–H and O–H groups in total. The van der Waals surface area contributed by atoms with E-state index in [0.717, 1.165) is 141 Å². The third-order valence-electron chi connectivity index (χ3n) is 13.1. The van der Waals surface area contributed by atoms with Crippen LogP contribution in [0.15, 0.2) is 146 Å². The number of carbonyl (C=O) groups excluding carboxylic acids is 3. The molecule has 0 aliphatic rings. The van der Waals surface area contributed by atoms with E-state index in [1.54, 1.807) is 0 Å². The van der Waals surface area contributed by atoms with E-state index in [2.05, 4.69) is 167 Å². The molecule has 0 saturated heterocycles. The first kappa shape index (κ1) is 73.3. The van der Waals surface area contributed by atoms with Crippen LogP contribution in [-0.4, -0.2) is 37.2 Å². The van der Waals surface area contributed by atoms with Crippen LogP contribution in [0, 0.1) is 0 Å². The van der Waals surface area contributed by atoms with Crippen molar-refractivity contribution in [3.8, 4) is 0 Å². The van der Waals surface area contributed by atoms with Crippen LogP contribution in [-0.2, 0) is 28.6 Å². The molecule has 1 unspecified atom stereocenters. The van der Waals surface area contributed by atoms with Gasteiger partial charge >= 0.3 is 17.9 Å². The van der Waals surface area contributed by atoms with Crippen molar-refractivity contribution in [3.63, 3.8) is 0 Å². The molecule has 0 heterocycles. The summed E-state index contributed by atoms with van der Waals surface area (Å²) >= 11 is 0. The predicted octanol–water partition coefficient (Wildman–Crippen LogP) is 21.9. The van der Waals surface area contributed by atoms with E-state index in [-0.39, 0.29) is 31.1 Å². The lowest BCUT2D eigenvalue weighted by Gasteiger charge is -2.18. The Kier molecular flexibility index (Phi) is 60.9. The number of ether oxygens (including phenoxy) is 3. The van der Waals surface area contributed by atoms with Gasteiger partial charge in [0.05, 0.1) is 0 Å². The molecule has 6 nitrogen and oxygen atoms in total. The smallest absolute Gasteiger partial charge is 0.306 e. The van der Waals surface area contributed by atoms with Crippen LogP contribution < -0.4 is 0 Å². The fourth-order valence-electron chi connectivity index (χ4n) is 8.31. The van der Waals surface area contributed by atoms with Gasteiger partial charge in [0, 0.05) is 19.3 Å². The van der Waals surface area contributed by atoms with Crippen molar-refractivity contribution in [1.29, 1.82) is 0 Å². The Morgan fingerprint density at radius 3 is 0.846 bits per heavy atom. The molecule has 0 radical (unpaired) electrons. The summed E-state index contributed by atoms with van der Waals surface area (Å²) in [4.78, 5) is 38.2. The summed E-state index contributed by atoms with van der Waals surface area (Å²) in [6.45, 7) is 6.44. The zero-order valence-electron chi connectivity index (χ0n) is 50.4. The van der Waals surface area contributed by atoms with Gasteiger partial charge in [-0.15, -0.1) is 0 Å². The fraction of sp³-hybridized carbons (Fsp3) is 0.625. The predicted molar refractivity (Wildman–Crippen MR) is 339 cm³/mol. The lowest BCUT2D eigenvalue weighted by Crippen LogP contribution is -2.30. The van der Waals surface area contributed by atoms with Crippen LogP contribution in [0.4, 0.5) is 0 Å². The van der Waals surface area contributed by atoms with Crippen molar-refractivity contribution in [3.05, 3.63) is 146 Å². The van der Waals surface area contributed by atoms with Gasteiger partial charge < -0.3 is 14.2 Å². The number of hydrogen-bond acceptors (Lipinski definition) is 6. The second-order valence-corrected chi connectivity index (χ2v) is 20.6. The molecule has 6 heteroatoms. The molecular formula is C72H116O6. The van der Waals surface area contributed by atoms with E-state index >= 15 is 0 Å². The quantitative estimate of drug-likeness (QED) is 0.0261. The maximum Gasteiger partial charge on any atom is 0.306 e. The van der Waals surface area contributed by atoms with Crippen LogP contribution >= 0.6 is 0 Å². The van der Waals surface area contributed by atoms with Crippen molar-refractivity contribution >= 4 is 17.9 Å². The second-order valence-electron chi connectivity index (χ2n) is 20.6. The van der Waals surface area contributed by atoms with Gasteiger partial charge in [-0.2, -0.15) is 0 Å². The molecule has 0 aromatic heterocycles. The first-order valence-electron chi connectivity index (χ1n) is 31.8. The van der Waals surface area contributed by atoms with E-state index in [9.17, 15) is 14.4 Å². The van der Waals surface area contributed by atoms with Gasteiger partial charge in [0.1, 0.15) is 13.2 Å². The van der Waals surface area contributed by atoms with E-state index < -0.39 is 6.10 Å². The highest BCUT2D eigenvalue weighted by molar-refractivity contribution is 5.71. The summed E-state index contributed by atoms with van der Waals surface area (Å²) in [5, 5.41) is 0. The van der Waals surface area contributed by atoms with E-state index in [0.29, 0.717) is 25.7 Å². The lowest BCUT2D eigenvalue weighted by molar-refractivity contribution is -0.167. The van der Waals surface area contributed by atoms with Crippen LogP contribution in [0.3, 0.4) is 0 Å². The molecule has 0 rings (SSSR count). The minimum atomic E-state index is -0.807. The first-order chi connectivity index (χ1) is 38.5. The van der Waals surface area contributed by atoms with Crippen molar-refractivity contribution in [2.75, 3.05) is 13.2 Å². The Labute approximate surface area is 480 Å². The summed E-state index contributed by atoms with van der Waals surface area (Å²) in [7, 11) is 0. The third kappa shape index (κ3) is 62.1. The van der Waals surface area contributed by atoms with Crippen molar-refractivity contribution < 1.29 is 28.6 Å². The highest BCUT2D eigenvalue weighted by atomic mass is 16.6. The second kappa shape index (κ2) is 64.8. The molecule has 0 aliphatic carbocycles. The molecule has 1 atom stereocenters. The van der Waals surface area contributed by atoms with Gasteiger partial charge in [-0.1, -0.05) is 276 Å². The molecule has 0 amide bonds. The van der Waals surface area contributed by atoms with Crippen LogP contribution in [0.1, 0.15) is 271 Å². The SMILES string of the molecule is CC/C=C\C/C=C\C/C=C\C/C=C\C/C=C\C/C=C\C/C=C\C/C=C\C/C=C\C/C=C\CCCCC(=O)OCC(COC(=O)CCCCCCCCCCCCCCC)OC(=O)CCCCCCC/C=C\C/C=C\CCCC. The monoisotopic (exact) mass is 1080 g/mol. The average Bonchev–Trinajstić information content (AvgIpc) is 3.44. The summed E-state index contributed by atoms with van der Waals surface area (Å²) < 4.78 is 16.8. The number of allylic oxidation sites excluding steroid dienone is 24. The molecule has 0 aromatic rings. The molecule has 0 saturated carbocycles. The number of unbranched alkanes of at least 4 members (excludes halogenated alkanes) is 21. The largest absolute Gasteiger partial charge is 0.462 e. The number of hydrogen-bond donors (Lipinski definition) is 0. The highest BCUT2D eigenvalue weighted by Crippen LogP contribution is 2.15. The standard InChI is InChI=1S/C72H116O6/c1-4-7-10-13-16-19-22-25-27-28-29-30-31-32-33-34-35-36-37-38-39-40-41-42-43-44-45-48-50-53-56-59-62-65-71(74)77-68-69(67-76-70(73)64-61-58-55-52-49-46-24-21-18-15-12-9-6-3)78-72(75)66-63-60-57-54-51-47-26-23-20-17-14-11-8-5-2/h7,10,14,16-17,19,23,25-27,29-30,32-33,35-36,38-39,41-42,44-45,50,53,69H,4-6,8-9,11-13,15,18,20-22,24,28,31,34,37,40,43,46-49,51-52,54-68H2,1-3H3/b10-7-,17-14-,19-16-,26-23-,27-25-,30-29-,33-32-,36-35-,39-38-,42-41-,45-44-,53-50-. The Bertz CT molecular complexity index is 1710. The Morgan fingerprint density at radius 1 is 0.269 bits per heavy atom. The summed E-state index contributed by atoms with van der Waals surface area (Å²) in [5.74, 6) is -0.961. The van der Waals surface area contributed by atoms with Crippen molar-refractivity contribution in [1.82, 2.24) is 0 Å². The first-order valence-corrected chi connectivity index (χ1v) is 31.8. The van der Waals surface area contributed by atoms with Crippen LogP contribution in [0.5, 0.6) is 0 Å². The zero-order chi connectivity index (χ0) is 56.4. The number of rotatable bonds is 56. The minimum Gasteiger partial charge on any atom is -0.462 e. The van der Waals surface area contributed by atoms with Gasteiger partial charge in [0.15, 0.2) is 6.10 Å². The normalized spacial score (nSPS) is 13.1. The van der Waals surface area contributed by atoms with Gasteiger partial charge in [-0.05, 0) is 122 Å². The maximum absolute atomic E-state index is 12.9. The molecular weight excluding hydrogens is 961 g/mol. The highest BCUT2D eigenvalue weighted by Gasteiger charge is 2.19. The van der Waals surface area contributed by atoms with Crippen molar-refractivity contribution in [2.45, 2.75) is 277 Å². The minimum absolute atomic E-state index is 0.0997. The molecule has 0 fully saturated rings. The molecule has 78 heavy (non-hydrogen) atoms. The number of carbonyl (C=O) groups is 3. The summed E-state index contributed by atoms with van der Waals surface area (Å²) in [6, 6.07) is 0. The van der Waals surface area contributed by atoms with Crippen LogP contribution in [0.2, 0.25) is 0 Å².